The van der Waals surface area contributed by atoms with Crippen molar-refractivity contribution in [3.8, 4) is 5.75 Å². The van der Waals surface area contributed by atoms with Gasteiger partial charge in [-0.25, -0.2) is 8.42 Å². The average molecular weight is 742 g/mol. The number of rotatable bonds is 13. The molecule has 0 spiro atoms. The summed E-state index contributed by atoms with van der Waals surface area (Å²) in [4.78, 5) is 30.0. The Morgan fingerprint density at radius 1 is 0.882 bits per heavy atom. The zero-order valence-corrected chi connectivity index (χ0v) is 29.6. The summed E-state index contributed by atoms with van der Waals surface area (Å²) in [7, 11) is -3.18. The van der Waals surface area contributed by atoms with Crippen molar-refractivity contribution in [1.82, 2.24) is 10.2 Å². The van der Waals surface area contributed by atoms with Crippen LogP contribution in [0.1, 0.15) is 48.8 Å². The van der Waals surface area contributed by atoms with Crippen LogP contribution < -0.4 is 14.4 Å². The molecule has 51 heavy (non-hydrogen) atoms. The van der Waals surface area contributed by atoms with Crippen molar-refractivity contribution in [2.75, 3.05) is 18.0 Å². The van der Waals surface area contributed by atoms with E-state index in [0.717, 1.165) is 49.8 Å². The van der Waals surface area contributed by atoms with Crippen LogP contribution in [0.15, 0.2) is 108 Å². The summed E-state index contributed by atoms with van der Waals surface area (Å²) in [6.45, 7) is -1.09. The molecule has 1 atom stereocenters. The Hall–Kier alpha value is -4.55. The molecule has 13 heteroatoms. The van der Waals surface area contributed by atoms with E-state index in [2.05, 4.69) is 5.32 Å². The van der Waals surface area contributed by atoms with Crippen LogP contribution in [0.2, 0.25) is 5.02 Å². The van der Waals surface area contributed by atoms with Crippen LogP contribution in [0, 0.1) is 0 Å². The quantitative estimate of drug-likeness (QED) is 0.152. The molecule has 0 heterocycles. The zero-order valence-electron chi connectivity index (χ0n) is 28.0. The van der Waals surface area contributed by atoms with Gasteiger partial charge in [-0.15, -0.1) is 0 Å². The van der Waals surface area contributed by atoms with Gasteiger partial charge >= 0.3 is 6.18 Å². The average Bonchev–Trinajstić information content (AvgIpc) is 3.13. The van der Waals surface area contributed by atoms with Gasteiger partial charge in [0.1, 0.15) is 18.3 Å². The highest BCUT2D eigenvalue weighted by Gasteiger charge is 2.38. The Kier molecular flexibility index (Phi) is 12.3. The van der Waals surface area contributed by atoms with E-state index in [1.165, 1.54) is 36.3 Å². The van der Waals surface area contributed by atoms with Gasteiger partial charge in [0.2, 0.25) is 11.8 Å². The molecular formula is C38H39ClF3N3O5S. The van der Waals surface area contributed by atoms with E-state index < -0.39 is 51.9 Å². The monoisotopic (exact) mass is 741 g/mol. The minimum absolute atomic E-state index is 0.0881. The van der Waals surface area contributed by atoms with Gasteiger partial charge in [0, 0.05) is 19.0 Å². The topological polar surface area (TPSA) is 96.0 Å². The van der Waals surface area contributed by atoms with E-state index in [4.69, 9.17) is 16.3 Å². The van der Waals surface area contributed by atoms with Crippen molar-refractivity contribution in [2.45, 2.75) is 68.2 Å². The number of anilines is 1. The van der Waals surface area contributed by atoms with Crippen LogP contribution in [0.25, 0.3) is 0 Å². The van der Waals surface area contributed by atoms with Gasteiger partial charge in [-0.05, 0) is 66.4 Å². The molecule has 4 aromatic carbocycles. The Bertz CT molecular complexity index is 1910. The molecule has 0 unspecified atom stereocenters. The van der Waals surface area contributed by atoms with E-state index in [-0.39, 0.29) is 28.9 Å². The number of hydrogen-bond acceptors (Lipinski definition) is 5. The maximum atomic E-state index is 14.7. The number of benzene rings is 4. The maximum absolute atomic E-state index is 14.7. The smallest absolute Gasteiger partial charge is 0.416 e. The van der Waals surface area contributed by atoms with Gasteiger partial charge in [0.05, 0.1) is 28.3 Å². The number of sulfonamides is 1. The number of halogens is 4. The van der Waals surface area contributed by atoms with Gasteiger partial charge in [-0.3, -0.25) is 13.9 Å². The van der Waals surface area contributed by atoms with Crippen LogP contribution >= 0.6 is 11.6 Å². The highest BCUT2D eigenvalue weighted by molar-refractivity contribution is 7.92. The summed E-state index contributed by atoms with van der Waals surface area (Å²) in [5, 5.41) is 2.81. The second-order valence-corrected chi connectivity index (χ2v) is 14.7. The summed E-state index contributed by atoms with van der Waals surface area (Å²) in [6.07, 6.45) is -0.220. The lowest BCUT2D eigenvalue weighted by molar-refractivity contribution is -0.140. The molecule has 0 aliphatic heterocycles. The molecular weight excluding hydrogens is 703 g/mol. The molecule has 2 amide bonds. The number of hydrogen-bond donors (Lipinski definition) is 1. The van der Waals surface area contributed by atoms with Gasteiger partial charge < -0.3 is 15.0 Å². The first-order valence-corrected chi connectivity index (χ1v) is 18.4. The number of amides is 2. The third-order valence-electron chi connectivity index (χ3n) is 8.86. The van der Waals surface area contributed by atoms with Gasteiger partial charge in [0.15, 0.2) is 0 Å². The van der Waals surface area contributed by atoms with Gasteiger partial charge in [0.25, 0.3) is 10.0 Å². The summed E-state index contributed by atoms with van der Waals surface area (Å²) in [5.41, 5.74) is -0.346. The summed E-state index contributed by atoms with van der Waals surface area (Å²) in [5.74, 6) is -0.753. The SMILES string of the molecule is COc1cccc(CN(C(=O)CN(c2cc(C(F)(F)F)ccc2Cl)S(=O)(=O)c2ccccc2)[C@@H](Cc2ccccc2)C(=O)NC2CCCCC2)c1. The van der Waals surface area contributed by atoms with Crippen molar-refractivity contribution in [2.24, 2.45) is 0 Å². The van der Waals surface area contributed by atoms with Crippen molar-refractivity contribution in [3.63, 3.8) is 0 Å². The van der Waals surface area contributed by atoms with Crippen molar-refractivity contribution >= 4 is 39.1 Å². The molecule has 0 aromatic heterocycles. The number of methoxy groups -OCH3 is 1. The molecule has 0 radical (unpaired) electrons. The van der Waals surface area contributed by atoms with E-state index in [1.54, 1.807) is 30.3 Å². The van der Waals surface area contributed by atoms with E-state index in [0.29, 0.717) is 21.7 Å². The van der Waals surface area contributed by atoms with Crippen LogP contribution in [0.5, 0.6) is 5.75 Å². The molecule has 1 aliphatic rings. The van der Waals surface area contributed by atoms with Gasteiger partial charge in [-0.1, -0.05) is 91.5 Å². The molecule has 1 N–H and O–H groups in total. The van der Waals surface area contributed by atoms with E-state index in [9.17, 15) is 31.2 Å². The van der Waals surface area contributed by atoms with E-state index >= 15 is 0 Å². The first-order valence-electron chi connectivity index (χ1n) is 16.6. The molecule has 4 aromatic rings. The van der Waals surface area contributed by atoms with Gasteiger partial charge in [-0.2, -0.15) is 13.2 Å². The minimum atomic E-state index is -4.83. The number of carbonyl (C=O) groups excluding carboxylic acids is 2. The predicted octanol–water partition coefficient (Wildman–Crippen LogP) is 7.65. The molecule has 8 nitrogen and oxygen atoms in total. The third-order valence-corrected chi connectivity index (χ3v) is 11.0. The zero-order chi connectivity index (χ0) is 36.6. The fourth-order valence-corrected chi connectivity index (χ4v) is 7.89. The number of nitrogens with zero attached hydrogens (tertiary/aromatic N) is 2. The summed E-state index contributed by atoms with van der Waals surface area (Å²) < 4.78 is 76.2. The Balaban J connectivity index is 1.62. The molecule has 5 rings (SSSR count). The second kappa shape index (κ2) is 16.6. The minimum Gasteiger partial charge on any atom is -0.497 e. The van der Waals surface area contributed by atoms with Crippen molar-refractivity contribution in [1.29, 1.82) is 0 Å². The molecule has 1 fully saturated rings. The molecule has 0 bridgehead atoms. The number of nitrogens with one attached hydrogen (secondary N) is 1. The van der Waals surface area contributed by atoms with Crippen molar-refractivity contribution < 1.29 is 35.9 Å². The second-order valence-electron chi connectivity index (χ2n) is 12.4. The lowest BCUT2D eigenvalue weighted by atomic mass is 9.94. The van der Waals surface area contributed by atoms with Crippen LogP contribution in [0.4, 0.5) is 18.9 Å². The standard InChI is InChI=1S/C38H39ClF3N3O5S/c1-50-31-17-11-14-28(22-31)25-44(35(23-27-12-5-2-6-13-27)37(47)43-30-15-7-3-8-16-30)36(46)26-45(51(48,49)32-18-9-4-10-19-32)34-24-29(38(40,41)42)20-21-33(34)39/h2,4-6,9-14,17-22,24,30,35H,3,7-8,15-16,23,25-26H2,1H3,(H,43,47)/t35-/m0/s1. The fourth-order valence-electron chi connectivity index (χ4n) is 6.18. The number of ether oxygens (including phenoxy) is 1. The largest absolute Gasteiger partial charge is 0.497 e. The molecule has 270 valence electrons. The Morgan fingerprint density at radius 3 is 2.18 bits per heavy atom. The molecule has 0 saturated heterocycles. The fraction of sp³-hybridized carbons (Fsp3) is 0.316. The highest BCUT2D eigenvalue weighted by atomic mass is 35.5. The number of alkyl halides is 3. The normalized spacial score (nSPS) is 14.4. The molecule has 1 aliphatic carbocycles. The molecule has 1 saturated carbocycles. The number of carbonyl (C=O) groups is 2. The first kappa shape index (κ1) is 37.7. The highest BCUT2D eigenvalue weighted by Crippen LogP contribution is 2.37. The van der Waals surface area contributed by atoms with Crippen LogP contribution in [-0.2, 0) is 38.8 Å². The van der Waals surface area contributed by atoms with Crippen LogP contribution in [0.3, 0.4) is 0 Å². The summed E-state index contributed by atoms with van der Waals surface area (Å²) in [6, 6.07) is 24.1. The van der Waals surface area contributed by atoms with Crippen LogP contribution in [-0.4, -0.2) is 50.9 Å². The third kappa shape index (κ3) is 9.62. The Labute approximate surface area is 301 Å². The lowest BCUT2D eigenvalue weighted by Crippen LogP contribution is -2.55. The Morgan fingerprint density at radius 2 is 1.53 bits per heavy atom. The predicted molar refractivity (Wildman–Crippen MR) is 190 cm³/mol. The maximum Gasteiger partial charge on any atom is 0.416 e. The lowest BCUT2D eigenvalue weighted by Gasteiger charge is -2.35. The van der Waals surface area contributed by atoms with E-state index in [1.807, 2.05) is 30.3 Å². The summed E-state index contributed by atoms with van der Waals surface area (Å²) >= 11 is 6.41. The van der Waals surface area contributed by atoms with Crippen molar-refractivity contribution in [3.05, 3.63) is 125 Å². The first-order chi connectivity index (χ1) is 24.4.